The second-order valence-electron chi connectivity index (χ2n) is 3.43. The van der Waals surface area contributed by atoms with Gasteiger partial charge in [0.15, 0.2) is 6.66 Å². The first-order valence-electron chi connectivity index (χ1n) is 4.90. The normalized spacial score (nSPS) is 15.5. The Labute approximate surface area is 91.3 Å². The Morgan fingerprint density at radius 1 is 1.33 bits per heavy atom. The summed E-state index contributed by atoms with van der Waals surface area (Å²) in [6.45, 7) is 5.25. The van der Waals surface area contributed by atoms with Crippen LogP contribution in [0.15, 0.2) is 30.3 Å². The summed E-state index contributed by atoms with van der Waals surface area (Å²) >= 11 is 0. The van der Waals surface area contributed by atoms with Crippen LogP contribution in [-0.2, 0) is 9.09 Å². The van der Waals surface area contributed by atoms with Gasteiger partial charge >= 0.3 is 8.03 Å². The molecule has 0 radical (unpaired) electrons. The summed E-state index contributed by atoms with van der Waals surface area (Å²) in [6.07, 6.45) is 0.636. The van der Waals surface area contributed by atoms with E-state index in [9.17, 15) is 4.57 Å². The quantitative estimate of drug-likeness (QED) is 0.569. The second-order valence-corrected chi connectivity index (χ2v) is 4.50. The summed E-state index contributed by atoms with van der Waals surface area (Å²) in [5, 5.41) is 0. The molecule has 0 aliphatic carbocycles. The lowest BCUT2D eigenvalue weighted by Gasteiger charge is -2.23. The van der Waals surface area contributed by atoms with Gasteiger partial charge in [0.25, 0.3) is 5.79 Å². The van der Waals surface area contributed by atoms with E-state index in [2.05, 4.69) is 0 Å². The summed E-state index contributed by atoms with van der Waals surface area (Å²) in [5.74, 6) is -0.0949. The standard InChI is InChI=1S/C11H16O3P/c1-4-11(2,14-15(3)12)13-10-8-6-5-7-9-10/h5-9H,4H2,1-3H3/q+1/t11-/m1/s1. The molecule has 4 heteroatoms. The molecule has 1 rings (SSSR count). The Balaban J connectivity index is 2.72. The van der Waals surface area contributed by atoms with Crippen LogP contribution in [0.3, 0.4) is 0 Å². The van der Waals surface area contributed by atoms with Crippen LogP contribution >= 0.6 is 8.03 Å². The highest BCUT2D eigenvalue weighted by atomic mass is 31.1. The van der Waals surface area contributed by atoms with Gasteiger partial charge in [-0.2, -0.15) is 0 Å². The predicted octanol–water partition coefficient (Wildman–Crippen LogP) is 3.58. The molecular weight excluding hydrogens is 211 g/mol. The van der Waals surface area contributed by atoms with Crippen molar-refractivity contribution in [1.82, 2.24) is 0 Å². The van der Waals surface area contributed by atoms with Crippen molar-refractivity contribution in [3.05, 3.63) is 30.3 Å². The van der Waals surface area contributed by atoms with Gasteiger partial charge in [0.2, 0.25) is 0 Å². The van der Waals surface area contributed by atoms with Crippen LogP contribution in [-0.4, -0.2) is 12.5 Å². The van der Waals surface area contributed by atoms with Gasteiger partial charge in [-0.3, -0.25) is 0 Å². The number of rotatable bonds is 5. The third kappa shape index (κ3) is 3.98. The van der Waals surface area contributed by atoms with Crippen molar-refractivity contribution < 1.29 is 13.8 Å². The van der Waals surface area contributed by atoms with Gasteiger partial charge < -0.3 is 4.74 Å². The molecule has 0 aromatic heterocycles. The van der Waals surface area contributed by atoms with Gasteiger partial charge in [-0.05, 0) is 16.7 Å². The van der Waals surface area contributed by atoms with Crippen molar-refractivity contribution in [3.63, 3.8) is 0 Å². The molecule has 15 heavy (non-hydrogen) atoms. The van der Waals surface area contributed by atoms with E-state index in [0.29, 0.717) is 6.42 Å². The zero-order valence-corrected chi connectivity index (χ0v) is 10.2. The van der Waals surface area contributed by atoms with Gasteiger partial charge in [0, 0.05) is 13.3 Å². The van der Waals surface area contributed by atoms with E-state index in [1.54, 1.807) is 6.92 Å². The molecule has 1 aromatic rings. The zero-order chi connectivity index (χ0) is 11.3. The first kappa shape index (κ1) is 12.2. The maximum absolute atomic E-state index is 11.1. The highest BCUT2D eigenvalue weighted by Crippen LogP contribution is 2.31. The SMILES string of the molecule is CC[C@](C)(Oc1ccccc1)O[P+](C)=O. The van der Waals surface area contributed by atoms with Crippen LogP contribution in [0.1, 0.15) is 20.3 Å². The van der Waals surface area contributed by atoms with Crippen LogP contribution in [0.2, 0.25) is 0 Å². The Morgan fingerprint density at radius 2 is 1.93 bits per heavy atom. The van der Waals surface area contributed by atoms with Gasteiger partial charge in [-0.15, -0.1) is 0 Å². The molecule has 2 atom stereocenters. The van der Waals surface area contributed by atoms with E-state index >= 15 is 0 Å². The van der Waals surface area contributed by atoms with Crippen molar-refractivity contribution in [2.75, 3.05) is 6.66 Å². The molecule has 82 valence electrons. The van der Waals surface area contributed by atoms with E-state index in [1.807, 2.05) is 37.3 Å². The first-order valence-corrected chi connectivity index (χ1v) is 6.52. The molecule has 0 saturated carbocycles. The maximum atomic E-state index is 11.1. The summed E-state index contributed by atoms with van der Waals surface area (Å²) in [5.41, 5.74) is 0. The van der Waals surface area contributed by atoms with E-state index in [-0.39, 0.29) is 0 Å². The molecule has 0 aliphatic rings. The highest BCUT2D eigenvalue weighted by Gasteiger charge is 2.33. The lowest BCUT2D eigenvalue weighted by molar-refractivity contribution is -0.0942. The maximum Gasteiger partial charge on any atom is 0.508 e. The average molecular weight is 227 g/mol. The first-order chi connectivity index (χ1) is 7.06. The number of hydrogen-bond acceptors (Lipinski definition) is 3. The minimum absolute atomic E-state index is 0.636. The Kier molecular flexibility index (Phi) is 4.25. The summed E-state index contributed by atoms with van der Waals surface area (Å²) in [6, 6.07) is 9.38. The zero-order valence-electron chi connectivity index (χ0n) is 9.27. The predicted molar refractivity (Wildman–Crippen MR) is 60.4 cm³/mol. The fourth-order valence-corrected chi connectivity index (χ4v) is 1.88. The molecule has 0 N–H and O–H groups in total. The van der Waals surface area contributed by atoms with Crippen LogP contribution in [0, 0.1) is 0 Å². The third-order valence-electron chi connectivity index (χ3n) is 2.04. The van der Waals surface area contributed by atoms with Crippen LogP contribution in [0.25, 0.3) is 0 Å². The average Bonchev–Trinajstić information content (AvgIpc) is 2.18. The Morgan fingerprint density at radius 3 is 2.40 bits per heavy atom. The number of hydrogen-bond donors (Lipinski definition) is 0. The van der Waals surface area contributed by atoms with Crippen molar-refractivity contribution in [1.29, 1.82) is 0 Å². The van der Waals surface area contributed by atoms with Gasteiger partial charge in [0.1, 0.15) is 5.75 Å². The molecule has 0 heterocycles. The van der Waals surface area contributed by atoms with Crippen LogP contribution in [0.5, 0.6) is 5.75 Å². The molecule has 0 spiro atoms. The Bertz CT molecular complexity index is 326. The third-order valence-corrected chi connectivity index (χ3v) is 2.68. The summed E-state index contributed by atoms with van der Waals surface area (Å²) < 4.78 is 22.0. The molecule has 0 fully saturated rings. The minimum atomic E-state index is -1.67. The molecule has 0 amide bonds. The van der Waals surface area contributed by atoms with Crippen molar-refractivity contribution >= 4 is 8.03 Å². The lowest BCUT2D eigenvalue weighted by Crippen LogP contribution is -2.32. The number of benzene rings is 1. The fraction of sp³-hybridized carbons (Fsp3) is 0.455. The van der Waals surface area contributed by atoms with E-state index in [1.165, 1.54) is 6.66 Å². The molecule has 0 aliphatic heterocycles. The largest absolute Gasteiger partial charge is 0.508 e. The highest BCUT2D eigenvalue weighted by molar-refractivity contribution is 7.38. The monoisotopic (exact) mass is 227 g/mol. The number of ether oxygens (including phenoxy) is 1. The van der Waals surface area contributed by atoms with Crippen molar-refractivity contribution in [2.24, 2.45) is 0 Å². The molecule has 0 bridgehead atoms. The van der Waals surface area contributed by atoms with Crippen LogP contribution in [0.4, 0.5) is 0 Å². The van der Waals surface area contributed by atoms with Gasteiger partial charge in [-0.25, -0.2) is 0 Å². The fourth-order valence-electron chi connectivity index (χ4n) is 1.17. The lowest BCUT2D eigenvalue weighted by atomic mass is 10.2. The smallest absolute Gasteiger partial charge is 0.458 e. The van der Waals surface area contributed by atoms with Crippen molar-refractivity contribution in [3.8, 4) is 5.75 Å². The molecule has 3 nitrogen and oxygen atoms in total. The minimum Gasteiger partial charge on any atom is -0.458 e. The second kappa shape index (κ2) is 5.24. The van der Waals surface area contributed by atoms with Gasteiger partial charge in [-0.1, -0.05) is 29.6 Å². The van der Waals surface area contributed by atoms with Gasteiger partial charge in [0.05, 0.1) is 0 Å². The molecular formula is C11H16O3P+. The molecule has 0 saturated heterocycles. The summed E-state index contributed by atoms with van der Waals surface area (Å²) in [7, 11) is -1.67. The van der Waals surface area contributed by atoms with Crippen molar-refractivity contribution in [2.45, 2.75) is 26.1 Å². The van der Waals surface area contributed by atoms with E-state index in [4.69, 9.17) is 9.26 Å². The number of para-hydroxylation sites is 1. The van der Waals surface area contributed by atoms with E-state index in [0.717, 1.165) is 5.75 Å². The van der Waals surface area contributed by atoms with E-state index < -0.39 is 13.8 Å². The Hall–Kier alpha value is -0.920. The van der Waals surface area contributed by atoms with Crippen LogP contribution < -0.4 is 4.74 Å². The molecule has 1 unspecified atom stereocenters. The topological polar surface area (TPSA) is 35.5 Å². The molecule has 1 aromatic carbocycles. The summed E-state index contributed by atoms with van der Waals surface area (Å²) in [4.78, 5) is 0.